The summed E-state index contributed by atoms with van der Waals surface area (Å²) >= 11 is 0. The third kappa shape index (κ3) is 5.41. The van der Waals surface area contributed by atoms with Crippen molar-refractivity contribution in [3.8, 4) is 0 Å². The summed E-state index contributed by atoms with van der Waals surface area (Å²) < 4.78 is 0. The second-order valence-electron chi connectivity index (χ2n) is 1.58. The molecule has 0 atom stereocenters. The standard InChI is InChI=1S/C7H13N/c1-3-5-6-7-8-4-2/h4,6-7H,3,5H2,1-2H3/b7-6-,8-4?. The van der Waals surface area contributed by atoms with E-state index in [9.17, 15) is 0 Å². The first-order valence-electron chi connectivity index (χ1n) is 3.04. The maximum absolute atomic E-state index is 3.90. The average molecular weight is 111 g/mol. The molecule has 0 aliphatic carbocycles. The minimum atomic E-state index is 1.14. The van der Waals surface area contributed by atoms with Crippen LogP contribution in [0.4, 0.5) is 0 Å². The van der Waals surface area contributed by atoms with Gasteiger partial charge in [0.05, 0.1) is 0 Å². The average Bonchev–Trinajstić information content (AvgIpc) is 1.81. The van der Waals surface area contributed by atoms with Gasteiger partial charge in [-0.15, -0.1) is 0 Å². The molecule has 0 spiro atoms. The van der Waals surface area contributed by atoms with Gasteiger partial charge in [0.15, 0.2) is 0 Å². The Hall–Kier alpha value is -0.590. The van der Waals surface area contributed by atoms with Crippen LogP contribution in [0.15, 0.2) is 17.3 Å². The molecular weight excluding hydrogens is 98.1 g/mol. The van der Waals surface area contributed by atoms with Gasteiger partial charge in [-0.25, -0.2) is 0 Å². The lowest BCUT2D eigenvalue weighted by Crippen LogP contribution is -1.59. The van der Waals surface area contributed by atoms with E-state index in [0.29, 0.717) is 0 Å². The highest BCUT2D eigenvalue weighted by molar-refractivity contribution is 5.54. The number of unbranched alkanes of at least 4 members (excludes halogenated alkanes) is 1. The molecule has 0 saturated carbocycles. The Bertz CT molecular complexity index is 82.4. The molecule has 0 saturated heterocycles. The molecule has 0 aromatic carbocycles. The number of rotatable bonds is 3. The molecule has 0 aliphatic heterocycles. The van der Waals surface area contributed by atoms with Crippen molar-refractivity contribution in [1.82, 2.24) is 0 Å². The van der Waals surface area contributed by atoms with Crippen LogP contribution < -0.4 is 0 Å². The van der Waals surface area contributed by atoms with Crippen LogP contribution in [0.1, 0.15) is 26.7 Å². The molecule has 0 aromatic rings. The van der Waals surface area contributed by atoms with Gasteiger partial charge in [-0.05, 0) is 13.3 Å². The second kappa shape index (κ2) is 6.41. The van der Waals surface area contributed by atoms with Gasteiger partial charge in [0, 0.05) is 12.4 Å². The Morgan fingerprint density at radius 2 is 2.25 bits per heavy atom. The Morgan fingerprint density at radius 1 is 1.50 bits per heavy atom. The zero-order valence-electron chi connectivity index (χ0n) is 5.59. The summed E-state index contributed by atoms with van der Waals surface area (Å²) in [6.07, 6.45) is 8.03. The van der Waals surface area contributed by atoms with E-state index in [4.69, 9.17) is 0 Å². The van der Waals surface area contributed by atoms with Gasteiger partial charge in [-0.1, -0.05) is 19.4 Å². The largest absolute Gasteiger partial charge is 0.270 e. The smallest absolute Gasteiger partial charge is 0.0223 e. The monoisotopic (exact) mass is 111 g/mol. The van der Waals surface area contributed by atoms with Crippen molar-refractivity contribution in [3.63, 3.8) is 0 Å². The van der Waals surface area contributed by atoms with E-state index in [1.165, 1.54) is 6.42 Å². The molecule has 0 fully saturated rings. The van der Waals surface area contributed by atoms with Crippen LogP contribution in [0.25, 0.3) is 0 Å². The fourth-order valence-electron chi connectivity index (χ4n) is 0.388. The van der Waals surface area contributed by atoms with Gasteiger partial charge >= 0.3 is 0 Å². The zero-order chi connectivity index (χ0) is 6.24. The predicted molar refractivity (Wildman–Crippen MR) is 38.2 cm³/mol. The molecule has 0 aliphatic rings. The van der Waals surface area contributed by atoms with Crippen molar-refractivity contribution < 1.29 is 0 Å². The molecule has 0 N–H and O–H groups in total. The molecule has 1 nitrogen and oxygen atoms in total. The van der Waals surface area contributed by atoms with E-state index in [1.54, 1.807) is 6.21 Å². The van der Waals surface area contributed by atoms with Crippen LogP contribution in [-0.2, 0) is 0 Å². The highest BCUT2D eigenvalue weighted by Gasteiger charge is 1.67. The zero-order valence-corrected chi connectivity index (χ0v) is 5.59. The fourth-order valence-corrected chi connectivity index (χ4v) is 0.388. The van der Waals surface area contributed by atoms with Gasteiger partial charge in [-0.2, -0.15) is 0 Å². The Labute approximate surface area is 51.1 Å². The lowest BCUT2D eigenvalue weighted by Gasteiger charge is -1.78. The lowest BCUT2D eigenvalue weighted by molar-refractivity contribution is 0.956. The van der Waals surface area contributed by atoms with Crippen LogP contribution in [0.5, 0.6) is 0 Å². The van der Waals surface area contributed by atoms with E-state index in [2.05, 4.69) is 18.0 Å². The molecule has 0 amide bonds. The van der Waals surface area contributed by atoms with E-state index < -0.39 is 0 Å². The lowest BCUT2D eigenvalue weighted by atomic mass is 10.3. The fraction of sp³-hybridized carbons (Fsp3) is 0.571. The van der Waals surface area contributed by atoms with Crippen molar-refractivity contribution in [3.05, 3.63) is 12.3 Å². The van der Waals surface area contributed by atoms with Gasteiger partial charge in [0.2, 0.25) is 0 Å². The molecule has 0 aromatic heterocycles. The van der Waals surface area contributed by atoms with E-state index in [1.807, 2.05) is 13.1 Å². The van der Waals surface area contributed by atoms with Gasteiger partial charge < -0.3 is 0 Å². The van der Waals surface area contributed by atoms with Gasteiger partial charge in [0.25, 0.3) is 0 Å². The highest BCUT2D eigenvalue weighted by Crippen LogP contribution is 1.87. The maximum atomic E-state index is 3.90. The molecule has 46 valence electrons. The Kier molecular flexibility index (Phi) is 5.94. The first kappa shape index (κ1) is 7.41. The van der Waals surface area contributed by atoms with E-state index >= 15 is 0 Å². The van der Waals surface area contributed by atoms with Gasteiger partial charge in [0.1, 0.15) is 0 Å². The van der Waals surface area contributed by atoms with Crippen molar-refractivity contribution in [1.29, 1.82) is 0 Å². The summed E-state index contributed by atoms with van der Waals surface area (Å²) in [5, 5.41) is 0. The van der Waals surface area contributed by atoms with E-state index in [0.717, 1.165) is 6.42 Å². The highest BCUT2D eigenvalue weighted by atomic mass is 14.6. The number of allylic oxidation sites excluding steroid dienone is 1. The Morgan fingerprint density at radius 3 is 2.75 bits per heavy atom. The minimum Gasteiger partial charge on any atom is -0.270 e. The predicted octanol–water partition coefficient (Wildman–Crippen LogP) is 2.39. The third-order valence-corrected chi connectivity index (χ3v) is 0.796. The first-order chi connectivity index (χ1) is 3.91. The summed E-state index contributed by atoms with van der Waals surface area (Å²) in [6, 6.07) is 0. The quantitative estimate of drug-likeness (QED) is 0.496. The van der Waals surface area contributed by atoms with Crippen LogP contribution >= 0.6 is 0 Å². The summed E-state index contributed by atoms with van der Waals surface area (Å²) in [7, 11) is 0. The SMILES string of the molecule is CC=N/C=C\CCC. The second-order valence-corrected chi connectivity index (χ2v) is 1.58. The molecule has 1 heteroatoms. The molecule has 0 bridgehead atoms. The van der Waals surface area contributed by atoms with Crippen molar-refractivity contribution in [2.45, 2.75) is 26.7 Å². The number of hydrogen-bond donors (Lipinski definition) is 0. The normalized spacial score (nSPS) is 11.8. The number of nitrogens with zero attached hydrogens (tertiary/aromatic N) is 1. The molecule has 0 radical (unpaired) electrons. The summed E-state index contributed by atoms with van der Waals surface area (Å²) in [5.41, 5.74) is 0. The number of hydrogen-bond acceptors (Lipinski definition) is 1. The van der Waals surface area contributed by atoms with E-state index in [-0.39, 0.29) is 0 Å². The van der Waals surface area contributed by atoms with Crippen LogP contribution in [0.3, 0.4) is 0 Å². The topological polar surface area (TPSA) is 12.4 Å². The molecule has 8 heavy (non-hydrogen) atoms. The third-order valence-electron chi connectivity index (χ3n) is 0.796. The van der Waals surface area contributed by atoms with Crippen LogP contribution in [0, 0.1) is 0 Å². The first-order valence-corrected chi connectivity index (χ1v) is 3.04. The molecule has 0 heterocycles. The molecule has 0 rings (SSSR count). The summed E-state index contributed by atoms with van der Waals surface area (Å²) in [5.74, 6) is 0. The van der Waals surface area contributed by atoms with Crippen molar-refractivity contribution >= 4 is 6.21 Å². The minimum absolute atomic E-state index is 1.14. The Balaban J connectivity index is 3.07. The summed E-state index contributed by atoms with van der Waals surface area (Å²) in [4.78, 5) is 3.90. The van der Waals surface area contributed by atoms with Crippen LogP contribution in [-0.4, -0.2) is 6.21 Å². The van der Waals surface area contributed by atoms with Crippen LogP contribution in [0.2, 0.25) is 0 Å². The molecule has 0 unspecified atom stereocenters. The van der Waals surface area contributed by atoms with Crippen molar-refractivity contribution in [2.75, 3.05) is 0 Å². The van der Waals surface area contributed by atoms with Gasteiger partial charge in [-0.3, -0.25) is 4.99 Å². The maximum Gasteiger partial charge on any atom is 0.0223 e. The summed E-state index contributed by atoms with van der Waals surface area (Å²) in [6.45, 7) is 4.07. The molecular formula is C7H13N. The number of aliphatic imine (C=N–C) groups is 1. The van der Waals surface area contributed by atoms with Crippen molar-refractivity contribution in [2.24, 2.45) is 4.99 Å².